The topological polar surface area (TPSA) is 61.8 Å². The first-order valence-electron chi connectivity index (χ1n) is 19.6. The van der Waals surface area contributed by atoms with Crippen molar-refractivity contribution in [2.45, 2.75) is 175 Å². The highest BCUT2D eigenvalue weighted by molar-refractivity contribution is 7.87. The highest BCUT2D eigenvalue weighted by Crippen LogP contribution is 2.46. The van der Waals surface area contributed by atoms with E-state index in [1.165, 1.54) is 82.5 Å². The van der Waals surface area contributed by atoms with Gasteiger partial charge in [-0.05, 0) is 157 Å². The van der Waals surface area contributed by atoms with Crippen molar-refractivity contribution in [2.24, 2.45) is 47.3 Å². The predicted molar refractivity (Wildman–Crippen MR) is 193 cm³/mol. The molecule has 5 rings (SSSR count). The van der Waals surface area contributed by atoms with Gasteiger partial charge in [0.25, 0.3) is 0 Å². The Labute approximate surface area is 297 Å². The van der Waals surface area contributed by atoms with E-state index in [0.717, 1.165) is 36.0 Å². The molecule has 10 heteroatoms. The zero-order valence-electron chi connectivity index (χ0n) is 31.7. The number of halogens is 3. The molecule has 1 saturated heterocycles. The fourth-order valence-electron chi connectivity index (χ4n) is 9.49. The molecule has 8 atom stereocenters. The van der Waals surface area contributed by atoms with Gasteiger partial charge in [-0.2, -0.15) is 21.6 Å². The van der Waals surface area contributed by atoms with Gasteiger partial charge >= 0.3 is 22.7 Å². The molecule has 1 heterocycles. The van der Waals surface area contributed by atoms with Gasteiger partial charge in [0.05, 0.1) is 11.2 Å². The smallest absolute Gasteiger partial charge is 0.400 e. The summed E-state index contributed by atoms with van der Waals surface area (Å²) in [7, 11) is -5.65. The SMILES string of the molecule is CCCC1CCC(C2CC=C(B3OC(C)(C)C(C)(C)O3)CC2)CC1C.CCCC1CCC(C2CC=C(OS(=O)(=O)C(F)(F)F)CC2)CC1C. The zero-order chi connectivity index (χ0) is 36.2. The molecule has 0 aromatic heterocycles. The summed E-state index contributed by atoms with van der Waals surface area (Å²) in [4.78, 5) is 0. The van der Waals surface area contributed by atoms with Crippen molar-refractivity contribution >= 4 is 17.2 Å². The van der Waals surface area contributed by atoms with Crippen LogP contribution in [-0.2, 0) is 23.6 Å². The molecule has 0 aromatic rings. The second-order valence-corrected chi connectivity index (χ2v) is 18.8. The Morgan fingerprint density at radius 2 is 1.22 bits per heavy atom. The number of rotatable bonds is 9. The molecule has 8 unspecified atom stereocenters. The molecule has 0 aromatic carbocycles. The van der Waals surface area contributed by atoms with Gasteiger partial charge in [-0.25, -0.2) is 0 Å². The molecule has 5 aliphatic rings. The lowest BCUT2D eigenvalue weighted by molar-refractivity contribution is -0.0525. The summed E-state index contributed by atoms with van der Waals surface area (Å²) in [6, 6.07) is 0. The average Bonchev–Trinajstić information content (AvgIpc) is 3.25. The lowest BCUT2D eigenvalue weighted by Crippen LogP contribution is -2.41. The summed E-state index contributed by atoms with van der Waals surface area (Å²) in [6.45, 7) is 17.9. The van der Waals surface area contributed by atoms with Crippen LogP contribution < -0.4 is 0 Å². The maximum absolute atomic E-state index is 12.4. The average molecular weight is 715 g/mol. The second kappa shape index (κ2) is 16.8. The Hall–Kier alpha value is -0.995. The Morgan fingerprint density at radius 1 is 0.755 bits per heavy atom. The number of hydrogen-bond donors (Lipinski definition) is 0. The van der Waals surface area contributed by atoms with Crippen molar-refractivity contribution in [3.8, 4) is 0 Å². The van der Waals surface area contributed by atoms with Crippen LogP contribution >= 0.6 is 0 Å². The molecule has 0 spiro atoms. The third kappa shape index (κ3) is 10.3. The number of allylic oxidation sites excluding steroid dienone is 4. The fraction of sp³-hybridized carbons (Fsp3) is 0.897. The molecule has 0 amide bonds. The van der Waals surface area contributed by atoms with Gasteiger partial charge in [0, 0.05) is 6.42 Å². The highest BCUT2D eigenvalue weighted by atomic mass is 32.2. The van der Waals surface area contributed by atoms with E-state index in [9.17, 15) is 21.6 Å². The monoisotopic (exact) mass is 714 g/mol. The summed E-state index contributed by atoms with van der Waals surface area (Å²) in [5, 5.41) is 0. The molecule has 2 saturated carbocycles. The van der Waals surface area contributed by atoms with Crippen LogP contribution in [0.3, 0.4) is 0 Å². The summed E-state index contributed by atoms with van der Waals surface area (Å²) in [5.74, 6) is 6.18. The van der Waals surface area contributed by atoms with Gasteiger partial charge in [-0.1, -0.05) is 59.5 Å². The van der Waals surface area contributed by atoms with Crippen LogP contribution in [0, 0.1) is 47.3 Å². The van der Waals surface area contributed by atoms with Crippen molar-refractivity contribution in [3.05, 3.63) is 23.4 Å². The van der Waals surface area contributed by atoms with Gasteiger partial charge < -0.3 is 13.5 Å². The van der Waals surface area contributed by atoms with Gasteiger partial charge in [0.2, 0.25) is 0 Å². The van der Waals surface area contributed by atoms with Gasteiger partial charge in [-0.3, -0.25) is 0 Å². The van der Waals surface area contributed by atoms with Gasteiger partial charge in [0.1, 0.15) is 5.76 Å². The molecular weight excluding hydrogens is 648 g/mol. The lowest BCUT2D eigenvalue weighted by Gasteiger charge is -2.39. The van der Waals surface area contributed by atoms with Crippen LogP contribution in [0.2, 0.25) is 0 Å². The van der Waals surface area contributed by atoms with E-state index in [1.807, 2.05) is 0 Å². The predicted octanol–water partition coefficient (Wildman–Crippen LogP) is 11.6. The van der Waals surface area contributed by atoms with Crippen LogP contribution in [0.4, 0.5) is 13.2 Å². The van der Waals surface area contributed by atoms with Crippen molar-refractivity contribution in [1.82, 2.24) is 0 Å². The molecule has 0 N–H and O–H groups in total. The first-order valence-corrected chi connectivity index (χ1v) is 21.0. The summed E-state index contributed by atoms with van der Waals surface area (Å²) in [6.07, 6.45) is 22.5. The summed E-state index contributed by atoms with van der Waals surface area (Å²) in [5.41, 5.74) is -4.41. The molecule has 282 valence electrons. The van der Waals surface area contributed by atoms with Crippen molar-refractivity contribution < 1.29 is 35.1 Å². The van der Waals surface area contributed by atoms with E-state index in [1.54, 1.807) is 6.08 Å². The van der Waals surface area contributed by atoms with Crippen LogP contribution in [0.25, 0.3) is 0 Å². The molecule has 0 bridgehead atoms. The van der Waals surface area contributed by atoms with Crippen molar-refractivity contribution in [2.75, 3.05) is 0 Å². The molecule has 0 radical (unpaired) electrons. The normalized spacial score (nSPS) is 35.1. The second-order valence-electron chi connectivity index (χ2n) is 17.3. The van der Waals surface area contributed by atoms with E-state index < -0.39 is 15.6 Å². The maximum atomic E-state index is 12.4. The molecule has 4 aliphatic carbocycles. The first-order chi connectivity index (χ1) is 22.9. The number of alkyl halides is 3. The molecule has 3 fully saturated rings. The zero-order valence-corrected chi connectivity index (χ0v) is 32.6. The van der Waals surface area contributed by atoms with Crippen molar-refractivity contribution in [3.63, 3.8) is 0 Å². The van der Waals surface area contributed by atoms with Gasteiger partial charge in [-0.15, -0.1) is 0 Å². The lowest BCUT2D eigenvalue weighted by atomic mass is 9.64. The Morgan fingerprint density at radius 3 is 1.59 bits per heavy atom. The summed E-state index contributed by atoms with van der Waals surface area (Å²) < 4.78 is 75.9. The van der Waals surface area contributed by atoms with Crippen LogP contribution in [0.5, 0.6) is 0 Å². The van der Waals surface area contributed by atoms with Crippen LogP contribution in [-0.4, -0.2) is 32.2 Å². The van der Waals surface area contributed by atoms with E-state index >= 15 is 0 Å². The minimum absolute atomic E-state index is 0.0590. The van der Waals surface area contributed by atoms with Crippen LogP contribution in [0.1, 0.15) is 158 Å². The molecular formula is C39H66BF3O5S. The van der Waals surface area contributed by atoms with Gasteiger partial charge in [0.15, 0.2) is 0 Å². The van der Waals surface area contributed by atoms with E-state index in [0.29, 0.717) is 30.6 Å². The van der Waals surface area contributed by atoms with E-state index in [2.05, 4.69) is 65.6 Å². The minimum Gasteiger partial charge on any atom is -0.400 e. The first kappa shape index (κ1) is 40.8. The van der Waals surface area contributed by atoms with E-state index in [-0.39, 0.29) is 30.5 Å². The third-order valence-electron chi connectivity index (χ3n) is 13.4. The minimum atomic E-state index is -5.53. The fourth-order valence-corrected chi connectivity index (χ4v) is 10.0. The maximum Gasteiger partial charge on any atom is 0.534 e. The Balaban J connectivity index is 0.000000221. The Kier molecular flexibility index (Phi) is 14.0. The van der Waals surface area contributed by atoms with Crippen LogP contribution in [0.15, 0.2) is 23.4 Å². The van der Waals surface area contributed by atoms with E-state index in [4.69, 9.17) is 9.31 Å². The molecule has 5 nitrogen and oxygen atoms in total. The third-order valence-corrected chi connectivity index (χ3v) is 14.4. The standard InChI is InChI=1S/C22H39BO2.C17H27F3O3S/c1-7-8-17-9-10-19(15-16(17)2)18-11-13-20(14-12-18)23-24-21(3,4)22(5,6)25-23;1-3-4-13-5-6-15(11-12(13)2)14-7-9-16(10-8-14)23-24(21,22)17(18,19)20/h13,16-19H,7-12,14-15H2,1-6H3;9,12-15H,3-8,10-11H2,1-2H3. The highest BCUT2D eigenvalue weighted by Gasteiger charge is 2.53. The Bertz CT molecular complexity index is 1230. The molecule has 1 aliphatic heterocycles. The number of hydrogen-bond acceptors (Lipinski definition) is 5. The molecule has 49 heavy (non-hydrogen) atoms. The summed E-state index contributed by atoms with van der Waals surface area (Å²) >= 11 is 0. The van der Waals surface area contributed by atoms with Crippen molar-refractivity contribution in [1.29, 1.82) is 0 Å². The quantitative estimate of drug-likeness (QED) is 0.135. The largest absolute Gasteiger partial charge is 0.534 e.